The lowest BCUT2D eigenvalue weighted by Crippen LogP contribution is -2.56. The summed E-state index contributed by atoms with van der Waals surface area (Å²) in [7, 11) is 1.85. The van der Waals surface area contributed by atoms with Crippen molar-refractivity contribution in [3.8, 4) is 5.75 Å². The van der Waals surface area contributed by atoms with Gasteiger partial charge in [0, 0.05) is 26.5 Å². The molecule has 3 atom stereocenters. The topological polar surface area (TPSA) is 93.0 Å². The molecule has 0 radical (unpaired) electrons. The van der Waals surface area contributed by atoms with E-state index in [1.807, 2.05) is 38.2 Å². The molecule has 2 aliphatic rings. The average molecular weight is 501 g/mol. The van der Waals surface area contributed by atoms with Crippen molar-refractivity contribution < 1.29 is 23.8 Å². The quantitative estimate of drug-likeness (QED) is 0.363. The number of benzene rings is 1. The number of hydrogen-bond acceptors (Lipinski definition) is 8. The van der Waals surface area contributed by atoms with Crippen LogP contribution in [0.15, 0.2) is 34.4 Å². The van der Waals surface area contributed by atoms with Crippen LogP contribution in [-0.4, -0.2) is 84.9 Å². The Morgan fingerprint density at radius 3 is 2.42 bits per heavy atom. The van der Waals surface area contributed by atoms with Gasteiger partial charge < -0.3 is 14.2 Å². The van der Waals surface area contributed by atoms with E-state index in [0.717, 1.165) is 42.8 Å². The lowest BCUT2D eigenvalue weighted by Gasteiger charge is -2.35. The maximum atomic E-state index is 13.4. The molecule has 1 aromatic rings. The molecule has 0 saturated heterocycles. The number of ether oxygens (including phenoxy) is 3. The standard InChI is InChI=1S/C27H40N4O5/c1-6-10-21-24-25(30(5)29-21)26(32)31(23(28-24)11-7-2)16-17-36-20-14-12-19(13-15-20)18-22(34-8-3)27(33)35-9-4/h12-15,22,24-25H,6-11,16-18H2,1-5H3/t22-,24?,25?/m0/s1. The third-order valence-corrected chi connectivity index (χ3v) is 6.27. The minimum absolute atomic E-state index is 0.0377. The first-order valence-electron chi connectivity index (χ1n) is 13.1. The van der Waals surface area contributed by atoms with Gasteiger partial charge in [-0.15, -0.1) is 0 Å². The Hall–Kier alpha value is -2.94. The Morgan fingerprint density at radius 1 is 1.06 bits per heavy atom. The van der Waals surface area contributed by atoms with Crippen molar-refractivity contribution in [2.45, 2.75) is 78.0 Å². The number of hydrogen-bond donors (Lipinski definition) is 0. The van der Waals surface area contributed by atoms with Crippen molar-refractivity contribution in [2.75, 3.05) is 33.4 Å². The average Bonchev–Trinajstić information content (AvgIpc) is 3.17. The van der Waals surface area contributed by atoms with E-state index in [4.69, 9.17) is 19.2 Å². The maximum Gasteiger partial charge on any atom is 0.335 e. The van der Waals surface area contributed by atoms with Gasteiger partial charge in [-0.3, -0.25) is 19.7 Å². The van der Waals surface area contributed by atoms with Crippen LogP contribution in [0.1, 0.15) is 58.9 Å². The van der Waals surface area contributed by atoms with Gasteiger partial charge in [0.05, 0.1) is 18.9 Å². The Kier molecular flexibility index (Phi) is 10.3. The zero-order valence-corrected chi connectivity index (χ0v) is 22.2. The lowest BCUT2D eigenvalue weighted by atomic mass is 9.98. The molecule has 9 nitrogen and oxygen atoms in total. The predicted octanol–water partition coefficient (Wildman–Crippen LogP) is 3.46. The second-order valence-electron chi connectivity index (χ2n) is 8.98. The summed E-state index contributed by atoms with van der Waals surface area (Å²) in [6.07, 6.45) is 3.30. The number of esters is 1. The van der Waals surface area contributed by atoms with Crippen molar-refractivity contribution in [1.29, 1.82) is 0 Å². The van der Waals surface area contributed by atoms with E-state index in [0.29, 0.717) is 38.5 Å². The minimum Gasteiger partial charge on any atom is -0.492 e. The van der Waals surface area contributed by atoms with Crippen LogP contribution >= 0.6 is 0 Å². The molecule has 0 fully saturated rings. The highest BCUT2D eigenvalue weighted by Crippen LogP contribution is 2.27. The third-order valence-electron chi connectivity index (χ3n) is 6.27. The van der Waals surface area contributed by atoms with Crippen molar-refractivity contribution in [1.82, 2.24) is 9.91 Å². The van der Waals surface area contributed by atoms with Gasteiger partial charge in [0.2, 0.25) is 0 Å². The van der Waals surface area contributed by atoms with Gasteiger partial charge in [-0.2, -0.15) is 5.10 Å². The third kappa shape index (κ3) is 6.63. The van der Waals surface area contributed by atoms with Gasteiger partial charge in [-0.1, -0.05) is 32.4 Å². The monoisotopic (exact) mass is 500 g/mol. The fourth-order valence-corrected chi connectivity index (χ4v) is 4.62. The number of aliphatic imine (C=N–C) groups is 1. The summed E-state index contributed by atoms with van der Waals surface area (Å²) < 4.78 is 16.6. The van der Waals surface area contributed by atoms with Crippen LogP contribution in [0.2, 0.25) is 0 Å². The summed E-state index contributed by atoms with van der Waals surface area (Å²) in [5.41, 5.74) is 1.95. The highest BCUT2D eigenvalue weighted by Gasteiger charge is 2.46. The number of rotatable bonds is 14. The van der Waals surface area contributed by atoms with Gasteiger partial charge >= 0.3 is 5.97 Å². The highest BCUT2D eigenvalue weighted by molar-refractivity contribution is 6.09. The molecule has 0 N–H and O–H groups in total. The molecular weight excluding hydrogens is 460 g/mol. The molecular formula is C27H40N4O5. The first-order valence-corrected chi connectivity index (χ1v) is 13.1. The number of nitrogens with zero attached hydrogens (tertiary/aromatic N) is 4. The van der Waals surface area contributed by atoms with Gasteiger partial charge in [-0.05, 0) is 44.4 Å². The summed E-state index contributed by atoms with van der Waals surface area (Å²) in [6, 6.07) is 7.03. The van der Waals surface area contributed by atoms with Crippen LogP contribution < -0.4 is 4.74 Å². The van der Waals surface area contributed by atoms with E-state index in [2.05, 4.69) is 18.9 Å². The van der Waals surface area contributed by atoms with E-state index in [9.17, 15) is 9.59 Å². The van der Waals surface area contributed by atoms with Crippen molar-refractivity contribution in [3.63, 3.8) is 0 Å². The maximum absolute atomic E-state index is 13.4. The molecule has 0 saturated carbocycles. The normalized spacial score (nSPS) is 20.1. The predicted molar refractivity (Wildman–Crippen MR) is 139 cm³/mol. The molecule has 0 aromatic heterocycles. The Balaban J connectivity index is 1.60. The van der Waals surface area contributed by atoms with Crippen LogP contribution in [0.4, 0.5) is 0 Å². The largest absolute Gasteiger partial charge is 0.492 e. The van der Waals surface area contributed by atoms with Gasteiger partial charge in [-0.25, -0.2) is 4.79 Å². The molecule has 36 heavy (non-hydrogen) atoms. The molecule has 2 heterocycles. The summed E-state index contributed by atoms with van der Waals surface area (Å²) in [6.45, 7) is 9.38. The summed E-state index contributed by atoms with van der Waals surface area (Å²) in [5, 5.41) is 6.38. The van der Waals surface area contributed by atoms with Crippen LogP contribution in [0.5, 0.6) is 5.75 Å². The molecule has 0 bridgehead atoms. The van der Waals surface area contributed by atoms with Gasteiger partial charge in [0.25, 0.3) is 5.91 Å². The first-order chi connectivity index (χ1) is 17.4. The molecule has 0 spiro atoms. The Bertz CT molecular complexity index is 946. The molecule has 198 valence electrons. The van der Waals surface area contributed by atoms with E-state index in [1.165, 1.54) is 0 Å². The zero-order chi connectivity index (χ0) is 26.1. The van der Waals surface area contributed by atoms with Crippen molar-refractivity contribution in [2.24, 2.45) is 10.1 Å². The molecule has 1 aromatic carbocycles. The highest BCUT2D eigenvalue weighted by atomic mass is 16.6. The number of likely N-dealkylation sites (N-methyl/N-ethyl adjacent to an activating group) is 1. The summed E-state index contributed by atoms with van der Waals surface area (Å²) in [5.74, 6) is 1.21. The lowest BCUT2D eigenvalue weighted by molar-refractivity contribution is -0.156. The van der Waals surface area contributed by atoms with E-state index in [1.54, 1.807) is 16.8 Å². The van der Waals surface area contributed by atoms with Crippen LogP contribution in [0, 0.1) is 0 Å². The second-order valence-corrected chi connectivity index (χ2v) is 8.98. The van der Waals surface area contributed by atoms with Crippen LogP contribution in [0.25, 0.3) is 0 Å². The number of amides is 1. The smallest absolute Gasteiger partial charge is 0.335 e. The zero-order valence-electron chi connectivity index (χ0n) is 22.2. The second kappa shape index (κ2) is 13.4. The molecule has 2 unspecified atom stereocenters. The van der Waals surface area contributed by atoms with Gasteiger partial charge in [0.15, 0.2) is 12.1 Å². The fraction of sp³-hybridized carbons (Fsp3) is 0.630. The van der Waals surface area contributed by atoms with E-state index < -0.39 is 6.10 Å². The number of carbonyl (C=O) groups is 2. The SMILES string of the molecule is CCCC1=NN(C)C2C(=O)N(CCOc3ccc(C[C@H](OCC)C(=O)OCC)cc3)C(CCC)=NC12. The number of hydrazone groups is 1. The molecule has 0 aliphatic carbocycles. The van der Waals surface area contributed by atoms with Crippen molar-refractivity contribution >= 4 is 23.4 Å². The molecule has 3 rings (SSSR count). The number of fused-ring (bicyclic) bond motifs is 1. The molecule has 2 aliphatic heterocycles. The minimum atomic E-state index is -0.623. The first kappa shape index (κ1) is 27.6. The van der Waals surface area contributed by atoms with Crippen molar-refractivity contribution in [3.05, 3.63) is 29.8 Å². The van der Waals surface area contributed by atoms with Crippen LogP contribution in [-0.2, 0) is 25.5 Å². The fourth-order valence-electron chi connectivity index (χ4n) is 4.62. The number of carbonyl (C=O) groups excluding carboxylic acids is 2. The van der Waals surface area contributed by atoms with E-state index >= 15 is 0 Å². The molecule has 9 heteroatoms. The molecule has 1 amide bonds. The Morgan fingerprint density at radius 2 is 1.78 bits per heavy atom. The van der Waals surface area contributed by atoms with Gasteiger partial charge in [0.1, 0.15) is 24.2 Å². The summed E-state index contributed by atoms with van der Waals surface area (Å²) in [4.78, 5) is 32.3. The van der Waals surface area contributed by atoms with Crippen LogP contribution in [0.3, 0.4) is 0 Å². The Labute approximate surface area is 214 Å². The van der Waals surface area contributed by atoms with E-state index in [-0.39, 0.29) is 24.0 Å². The number of amidine groups is 1. The summed E-state index contributed by atoms with van der Waals surface area (Å²) >= 11 is 0.